The van der Waals surface area contributed by atoms with Crippen molar-refractivity contribution in [3.8, 4) is 0 Å². The molecule has 0 radical (unpaired) electrons. The van der Waals surface area contributed by atoms with Gasteiger partial charge in [-0.15, -0.1) is 0 Å². The lowest BCUT2D eigenvalue weighted by Crippen LogP contribution is -2.35. The molecular weight excluding hydrogens is 264 g/mol. The van der Waals surface area contributed by atoms with E-state index in [0.717, 1.165) is 64.0 Å². The molecule has 0 atom stereocenters. The second-order valence-electron chi connectivity index (χ2n) is 6.20. The first kappa shape index (κ1) is 14.5. The van der Waals surface area contributed by atoms with Gasteiger partial charge in [-0.3, -0.25) is 9.69 Å². The summed E-state index contributed by atoms with van der Waals surface area (Å²) in [6.07, 6.45) is 3.87. The van der Waals surface area contributed by atoms with E-state index in [1.165, 1.54) is 5.56 Å². The quantitative estimate of drug-likeness (QED) is 0.923. The molecule has 0 aliphatic carbocycles. The van der Waals surface area contributed by atoms with Crippen LogP contribution in [0.25, 0.3) is 0 Å². The number of amides is 1. The maximum absolute atomic E-state index is 12.3. The number of benzene rings is 1. The highest BCUT2D eigenvalue weighted by molar-refractivity contribution is 5.94. The highest BCUT2D eigenvalue weighted by Crippen LogP contribution is 2.16. The van der Waals surface area contributed by atoms with Gasteiger partial charge >= 0.3 is 0 Å². The molecule has 21 heavy (non-hydrogen) atoms. The number of aliphatic hydroxyl groups excluding tert-OH is 1. The number of nitrogens with zero attached hydrogens (tertiary/aromatic N) is 2. The Morgan fingerprint density at radius 2 is 1.67 bits per heavy atom. The van der Waals surface area contributed by atoms with Crippen molar-refractivity contribution in [1.29, 1.82) is 0 Å². The Balaban J connectivity index is 1.57. The Labute approximate surface area is 126 Å². The molecule has 2 saturated heterocycles. The predicted octanol–water partition coefficient (Wildman–Crippen LogP) is 1.88. The molecule has 2 fully saturated rings. The lowest BCUT2D eigenvalue weighted by Gasteiger charge is -2.29. The van der Waals surface area contributed by atoms with E-state index in [1.54, 1.807) is 0 Å². The molecule has 3 rings (SSSR count). The van der Waals surface area contributed by atoms with E-state index in [-0.39, 0.29) is 12.0 Å². The zero-order valence-electron chi connectivity index (χ0n) is 12.5. The Morgan fingerprint density at radius 1 is 1.05 bits per heavy atom. The van der Waals surface area contributed by atoms with Crippen molar-refractivity contribution in [2.45, 2.75) is 38.3 Å². The van der Waals surface area contributed by atoms with Crippen LogP contribution < -0.4 is 0 Å². The van der Waals surface area contributed by atoms with Gasteiger partial charge in [0.05, 0.1) is 6.10 Å². The number of carbonyl (C=O) groups is 1. The molecule has 4 heteroatoms. The van der Waals surface area contributed by atoms with E-state index >= 15 is 0 Å². The smallest absolute Gasteiger partial charge is 0.253 e. The summed E-state index contributed by atoms with van der Waals surface area (Å²) in [7, 11) is 0. The second-order valence-corrected chi connectivity index (χ2v) is 6.20. The first-order chi connectivity index (χ1) is 10.2. The fourth-order valence-corrected chi connectivity index (χ4v) is 3.19. The summed E-state index contributed by atoms with van der Waals surface area (Å²) in [4.78, 5) is 16.6. The van der Waals surface area contributed by atoms with Crippen molar-refractivity contribution < 1.29 is 9.90 Å². The van der Waals surface area contributed by atoms with Crippen molar-refractivity contribution in [2.75, 3.05) is 26.2 Å². The van der Waals surface area contributed by atoms with Crippen LogP contribution in [0.1, 0.15) is 41.6 Å². The average molecular weight is 288 g/mol. The van der Waals surface area contributed by atoms with Crippen molar-refractivity contribution in [3.05, 3.63) is 35.4 Å². The van der Waals surface area contributed by atoms with Crippen LogP contribution in [0, 0.1) is 0 Å². The van der Waals surface area contributed by atoms with Gasteiger partial charge in [0, 0.05) is 38.3 Å². The van der Waals surface area contributed by atoms with Gasteiger partial charge in [-0.05, 0) is 43.4 Å². The first-order valence-corrected chi connectivity index (χ1v) is 8.01. The number of hydrogen-bond acceptors (Lipinski definition) is 3. The van der Waals surface area contributed by atoms with Gasteiger partial charge in [0.15, 0.2) is 0 Å². The molecule has 1 amide bonds. The van der Waals surface area contributed by atoms with Crippen LogP contribution in [0.2, 0.25) is 0 Å². The summed E-state index contributed by atoms with van der Waals surface area (Å²) in [5.41, 5.74) is 2.04. The van der Waals surface area contributed by atoms with E-state index in [4.69, 9.17) is 0 Å². The van der Waals surface area contributed by atoms with Crippen LogP contribution in [0.15, 0.2) is 24.3 Å². The largest absolute Gasteiger partial charge is 0.393 e. The number of rotatable bonds is 3. The molecule has 2 aliphatic heterocycles. The summed E-state index contributed by atoms with van der Waals surface area (Å²) in [5.74, 6) is 0.167. The van der Waals surface area contributed by atoms with Crippen LogP contribution in [0.5, 0.6) is 0 Å². The zero-order valence-corrected chi connectivity index (χ0v) is 12.5. The number of piperidine rings is 1. The van der Waals surface area contributed by atoms with E-state index in [1.807, 2.05) is 17.0 Å². The SMILES string of the molecule is O=C(c1ccc(CN2CCC(O)CC2)cc1)N1CCCC1. The molecular formula is C17H24N2O2. The molecule has 1 aromatic carbocycles. The van der Waals surface area contributed by atoms with Gasteiger partial charge in [-0.1, -0.05) is 12.1 Å². The van der Waals surface area contributed by atoms with Crippen molar-refractivity contribution in [1.82, 2.24) is 9.80 Å². The summed E-state index contributed by atoms with van der Waals surface area (Å²) in [5, 5.41) is 9.53. The van der Waals surface area contributed by atoms with Gasteiger partial charge in [0.1, 0.15) is 0 Å². The zero-order chi connectivity index (χ0) is 14.7. The molecule has 4 nitrogen and oxygen atoms in total. The van der Waals surface area contributed by atoms with Crippen LogP contribution in [-0.4, -0.2) is 53.1 Å². The topological polar surface area (TPSA) is 43.8 Å². The maximum Gasteiger partial charge on any atom is 0.253 e. The number of hydrogen-bond donors (Lipinski definition) is 1. The van der Waals surface area contributed by atoms with Crippen LogP contribution in [0.4, 0.5) is 0 Å². The number of carbonyl (C=O) groups excluding carboxylic acids is 1. The number of likely N-dealkylation sites (tertiary alicyclic amines) is 2. The third kappa shape index (κ3) is 3.63. The Morgan fingerprint density at radius 3 is 2.29 bits per heavy atom. The van der Waals surface area contributed by atoms with Crippen LogP contribution in [0.3, 0.4) is 0 Å². The molecule has 0 bridgehead atoms. The first-order valence-electron chi connectivity index (χ1n) is 8.01. The van der Waals surface area contributed by atoms with E-state index < -0.39 is 0 Å². The molecule has 114 valence electrons. The Hall–Kier alpha value is -1.39. The van der Waals surface area contributed by atoms with E-state index in [9.17, 15) is 9.90 Å². The second kappa shape index (κ2) is 6.58. The lowest BCUT2D eigenvalue weighted by molar-refractivity contribution is 0.0784. The van der Waals surface area contributed by atoms with Crippen molar-refractivity contribution >= 4 is 5.91 Å². The fourth-order valence-electron chi connectivity index (χ4n) is 3.19. The van der Waals surface area contributed by atoms with E-state index in [0.29, 0.717) is 0 Å². The summed E-state index contributed by atoms with van der Waals surface area (Å²) < 4.78 is 0. The molecule has 1 N–H and O–H groups in total. The predicted molar refractivity (Wildman–Crippen MR) is 82.1 cm³/mol. The van der Waals surface area contributed by atoms with Crippen LogP contribution in [-0.2, 0) is 6.54 Å². The van der Waals surface area contributed by atoms with Gasteiger partial charge in [-0.25, -0.2) is 0 Å². The normalized spacial score (nSPS) is 20.9. The minimum Gasteiger partial charge on any atom is -0.393 e. The van der Waals surface area contributed by atoms with Gasteiger partial charge in [0.25, 0.3) is 5.91 Å². The highest BCUT2D eigenvalue weighted by atomic mass is 16.3. The molecule has 0 saturated carbocycles. The number of aliphatic hydroxyl groups is 1. The summed E-state index contributed by atoms with van der Waals surface area (Å²) in [6.45, 7) is 4.61. The summed E-state index contributed by atoms with van der Waals surface area (Å²) >= 11 is 0. The molecule has 2 heterocycles. The standard InChI is InChI=1S/C17H24N2O2/c20-16-7-11-18(12-8-16)13-14-3-5-15(6-4-14)17(21)19-9-1-2-10-19/h3-6,16,20H,1-2,7-13H2. The lowest BCUT2D eigenvalue weighted by atomic mass is 10.1. The molecule has 0 aromatic heterocycles. The monoisotopic (exact) mass is 288 g/mol. The summed E-state index contributed by atoms with van der Waals surface area (Å²) in [6, 6.07) is 8.03. The van der Waals surface area contributed by atoms with Crippen molar-refractivity contribution in [2.24, 2.45) is 0 Å². The minimum absolute atomic E-state index is 0.123. The van der Waals surface area contributed by atoms with Crippen LogP contribution >= 0.6 is 0 Å². The van der Waals surface area contributed by atoms with Gasteiger partial charge in [0.2, 0.25) is 0 Å². The minimum atomic E-state index is -0.123. The van der Waals surface area contributed by atoms with Crippen molar-refractivity contribution in [3.63, 3.8) is 0 Å². The molecule has 1 aromatic rings. The highest BCUT2D eigenvalue weighted by Gasteiger charge is 2.20. The third-order valence-corrected chi connectivity index (χ3v) is 4.56. The molecule has 0 unspecified atom stereocenters. The average Bonchev–Trinajstić information content (AvgIpc) is 3.04. The fraction of sp³-hybridized carbons (Fsp3) is 0.588. The van der Waals surface area contributed by atoms with E-state index in [2.05, 4.69) is 17.0 Å². The Kier molecular flexibility index (Phi) is 4.56. The maximum atomic E-state index is 12.3. The Bertz CT molecular complexity index is 472. The van der Waals surface area contributed by atoms with Gasteiger partial charge in [-0.2, -0.15) is 0 Å². The third-order valence-electron chi connectivity index (χ3n) is 4.56. The van der Waals surface area contributed by atoms with Gasteiger partial charge < -0.3 is 10.0 Å². The molecule has 2 aliphatic rings. The molecule has 0 spiro atoms.